The lowest BCUT2D eigenvalue weighted by molar-refractivity contribution is 0.311. The molecule has 0 amide bonds. The molecular weight excluding hydrogens is 312 g/mol. The van der Waals surface area contributed by atoms with Crippen LogP contribution < -0.4 is 9.47 Å². The molecule has 5 heteroatoms. The van der Waals surface area contributed by atoms with Gasteiger partial charge in [-0.25, -0.2) is 4.98 Å². The Hall–Kier alpha value is -2.20. The first-order valence-corrected chi connectivity index (χ1v) is 7.89. The molecule has 0 unspecified atom stereocenters. The van der Waals surface area contributed by atoms with Crippen molar-refractivity contribution in [2.45, 2.75) is 20.8 Å². The molecule has 1 heterocycles. The molecule has 1 aromatic heterocycles. The van der Waals surface area contributed by atoms with E-state index in [0.717, 1.165) is 22.4 Å². The average Bonchev–Trinajstić information content (AvgIpc) is 2.92. The van der Waals surface area contributed by atoms with Crippen LogP contribution in [0.5, 0.6) is 11.5 Å². The molecule has 0 saturated carbocycles. The Labute approximate surface area is 140 Å². The molecule has 23 heavy (non-hydrogen) atoms. The highest BCUT2D eigenvalue weighted by Crippen LogP contribution is 2.39. The third kappa shape index (κ3) is 2.86. The lowest BCUT2D eigenvalue weighted by Gasteiger charge is -2.12. The first-order valence-electron chi connectivity index (χ1n) is 7.51. The second kappa shape index (κ2) is 6.13. The minimum atomic E-state index is 0.508. The highest BCUT2D eigenvalue weighted by atomic mass is 35.5. The van der Waals surface area contributed by atoms with Crippen molar-refractivity contribution in [1.29, 1.82) is 0 Å². The van der Waals surface area contributed by atoms with E-state index in [0.29, 0.717) is 23.1 Å². The molecule has 4 nitrogen and oxygen atoms in total. The van der Waals surface area contributed by atoms with Crippen LogP contribution in [-0.2, 0) is 0 Å². The molecule has 0 bridgehead atoms. The summed E-state index contributed by atoms with van der Waals surface area (Å²) < 4.78 is 11.0. The molecule has 0 spiro atoms. The van der Waals surface area contributed by atoms with E-state index >= 15 is 0 Å². The van der Waals surface area contributed by atoms with E-state index in [1.807, 2.05) is 19.1 Å². The topological polar surface area (TPSA) is 47.1 Å². The molecule has 2 aromatic carbocycles. The van der Waals surface area contributed by atoms with Crippen LogP contribution in [0.1, 0.15) is 18.1 Å². The zero-order chi connectivity index (χ0) is 16.6. The first-order chi connectivity index (χ1) is 11.0. The van der Waals surface area contributed by atoms with Gasteiger partial charge in [-0.05, 0) is 56.2 Å². The maximum absolute atomic E-state index is 6.34. The van der Waals surface area contributed by atoms with Crippen LogP contribution in [0.15, 0.2) is 24.3 Å². The van der Waals surface area contributed by atoms with Crippen LogP contribution in [0.2, 0.25) is 5.02 Å². The summed E-state index contributed by atoms with van der Waals surface area (Å²) in [5.41, 5.74) is 5.26. The lowest BCUT2D eigenvalue weighted by Crippen LogP contribution is -1.97. The molecule has 0 aliphatic heterocycles. The van der Waals surface area contributed by atoms with Crippen molar-refractivity contribution in [3.63, 3.8) is 0 Å². The molecule has 0 aliphatic rings. The normalized spacial score (nSPS) is 11.0. The van der Waals surface area contributed by atoms with Crippen molar-refractivity contribution in [1.82, 2.24) is 9.97 Å². The molecule has 3 aromatic rings. The smallest absolute Gasteiger partial charge is 0.179 e. The number of nitrogens with zero attached hydrogens (tertiary/aromatic N) is 1. The van der Waals surface area contributed by atoms with E-state index < -0.39 is 0 Å². The van der Waals surface area contributed by atoms with E-state index in [2.05, 4.69) is 35.9 Å². The molecule has 3 rings (SSSR count). The van der Waals surface area contributed by atoms with Gasteiger partial charge in [0.1, 0.15) is 5.82 Å². The number of methoxy groups -OCH3 is 1. The Morgan fingerprint density at radius 1 is 1.13 bits per heavy atom. The van der Waals surface area contributed by atoms with E-state index in [9.17, 15) is 0 Å². The second-order valence-corrected chi connectivity index (χ2v) is 5.87. The van der Waals surface area contributed by atoms with Gasteiger partial charge < -0.3 is 14.5 Å². The summed E-state index contributed by atoms with van der Waals surface area (Å²) in [6.07, 6.45) is 0. The predicted molar refractivity (Wildman–Crippen MR) is 93.7 cm³/mol. The van der Waals surface area contributed by atoms with Crippen LogP contribution in [0.25, 0.3) is 22.4 Å². The molecule has 0 aliphatic carbocycles. The minimum Gasteiger partial charge on any atom is -0.493 e. The van der Waals surface area contributed by atoms with E-state index in [1.165, 1.54) is 11.1 Å². The van der Waals surface area contributed by atoms with Crippen molar-refractivity contribution in [2.24, 2.45) is 0 Å². The fourth-order valence-corrected chi connectivity index (χ4v) is 2.81. The molecule has 0 saturated heterocycles. The predicted octanol–water partition coefficient (Wildman–Crippen LogP) is 4.91. The van der Waals surface area contributed by atoms with Gasteiger partial charge in [0.2, 0.25) is 0 Å². The number of aromatic nitrogens is 2. The molecule has 1 N–H and O–H groups in total. The summed E-state index contributed by atoms with van der Waals surface area (Å²) in [7, 11) is 1.60. The standard InChI is InChI=1S/C18H19ClN2O2/c1-5-23-17-13(19)8-12(9-16(17)22-4)18-20-14-6-10(2)11(3)7-15(14)21-18/h6-9H,5H2,1-4H3,(H,20,21). The number of H-pyrrole nitrogens is 1. The van der Waals surface area contributed by atoms with Crippen LogP contribution in [0.3, 0.4) is 0 Å². The van der Waals surface area contributed by atoms with Gasteiger partial charge in [-0.3, -0.25) is 0 Å². The molecular formula is C18H19ClN2O2. The van der Waals surface area contributed by atoms with Crippen LogP contribution >= 0.6 is 11.6 Å². The van der Waals surface area contributed by atoms with Gasteiger partial charge in [0.15, 0.2) is 11.5 Å². The summed E-state index contributed by atoms with van der Waals surface area (Å²) in [4.78, 5) is 8.01. The maximum Gasteiger partial charge on any atom is 0.179 e. The number of benzene rings is 2. The Morgan fingerprint density at radius 3 is 2.57 bits per heavy atom. The summed E-state index contributed by atoms with van der Waals surface area (Å²) in [6.45, 7) is 6.61. The minimum absolute atomic E-state index is 0.508. The molecule has 120 valence electrons. The lowest BCUT2D eigenvalue weighted by atomic mass is 10.1. The monoisotopic (exact) mass is 330 g/mol. The van der Waals surface area contributed by atoms with E-state index in [-0.39, 0.29) is 0 Å². The SMILES string of the molecule is CCOc1c(Cl)cc(-c2nc3cc(C)c(C)cc3[nH]2)cc1OC. The average molecular weight is 331 g/mol. The van der Waals surface area contributed by atoms with Crippen molar-refractivity contribution < 1.29 is 9.47 Å². The summed E-state index contributed by atoms with van der Waals surface area (Å²) in [5, 5.41) is 0.508. The number of halogens is 1. The van der Waals surface area contributed by atoms with Gasteiger partial charge in [-0.15, -0.1) is 0 Å². The van der Waals surface area contributed by atoms with Gasteiger partial charge in [-0.2, -0.15) is 0 Å². The second-order valence-electron chi connectivity index (χ2n) is 5.46. The van der Waals surface area contributed by atoms with Crippen molar-refractivity contribution in [3.05, 3.63) is 40.4 Å². The number of ether oxygens (including phenoxy) is 2. The number of rotatable bonds is 4. The van der Waals surface area contributed by atoms with Gasteiger partial charge in [-0.1, -0.05) is 11.6 Å². The largest absolute Gasteiger partial charge is 0.493 e. The zero-order valence-electron chi connectivity index (χ0n) is 13.7. The van der Waals surface area contributed by atoms with Gasteiger partial charge in [0.05, 0.1) is 29.8 Å². The molecule has 0 atom stereocenters. The maximum atomic E-state index is 6.34. The van der Waals surface area contributed by atoms with Gasteiger partial charge >= 0.3 is 0 Å². The van der Waals surface area contributed by atoms with Gasteiger partial charge in [0, 0.05) is 5.56 Å². The van der Waals surface area contributed by atoms with Gasteiger partial charge in [0.25, 0.3) is 0 Å². The van der Waals surface area contributed by atoms with E-state index in [1.54, 1.807) is 7.11 Å². The number of hydrogen-bond acceptors (Lipinski definition) is 3. The Kier molecular flexibility index (Phi) is 4.18. The third-order valence-corrected chi connectivity index (χ3v) is 4.17. The number of fused-ring (bicyclic) bond motifs is 1. The molecule has 0 fully saturated rings. The highest BCUT2D eigenvalue weighted by Gasteiger charge is 2.15. The third-order valence-electron chi connectivity index (χ3n) is 3.89. The fraction of sp³-hybridized carbons (Fsp3) is 0.278. The van der Waals surface area contributed by atoms with Crippen molar-refractivity contribution >= 4 is 22.6 Å². The number of aromatic amines is 1. The summed E-state index contributed by atoms with van der Waals surface area (Å²) in [6, 6.07) is 7.91. The Morgan fingerprint density at radius 2 is 1.87 bits per heavy atom. The number of hydrogen-bond donors (Lipinski definition) is 1. The quantitative estimate of drug-likeness (QED) is 0.739. The number of aryl methyl sites for hydroxylation is 2. The first kappa shape index (κ1) is 15.7. The summed E-state index contributed by atoms with van der Waals surface area (Å²) >= 11 is 6.34. The van der Waals surface area contributed by atoms with E-state index in [4.69, 9.17) is 21.1 Å². The van der Waals surface area contributed by atoms with Crippen LogP contribution in [0, 0.1) is 13.8 Å². The van der Waals surface area contributed by atoms with Crippen molar-refractivity contribution in [3.8, 4) is 22.9 Å². The van der Waals surface area contributed by atoms with Crippen LogP contribution in [0.4, 0.5) is 0 Å². The van der Waals surface area contributed by atoms with Crippen molar-refractivity contribution in [2.75, 3.05) is 13.7 Å². The number of nitrogens with one attached hydrogen (secondary N) is 1. The highest BCUT2D eigenvalue weighted by molar-refractivity contribution is 6.32. The Balaban J connectivity index is 2.13. The Bertz CT molecular complexity index is 832. The van der Waals surface area contributed by atoms with Crippen LogP contribution in [-0.4, -0.2) is 23.7 Å². The fourth-order valence-electron chi connectivity index (χ4n) is 2.55. The molecule has 0 radical (unpaired) electrons. The number of imidazole rings is 1. The zero-order valence-corrected chi connectivity index (χ0v) is 14.4. The summed E-state index contributed by atoms with van der Waals surface area (Å²) in [5.74, 6) is 1.92.